The standard InChI is InChI=1S/C18H18FN3O2S/c1-12-4-8-16(9-5-12)21-25(23,24)18-13(2)20-22(14(18)3)17-10-6-15(19)7-11-17/h4-11,21H,1-3H3. The number of sulfonamides is 1. The Labute approximate surface area is 146 Å². The summed E-state index contributed by atoms with van der Waals surface area (Å²) in [6.07, 6.45) is 0. The Morgan fingerprint density at radius 2 is 1.56 bits per heavy atom. The van der Waals surface area contributed by atoms with Crippen molar-refractivity contribution in [2.45, 2.75) is 25.7 Å². The second-order valence-electron chi connectivity index (χ2n) is 5.86. The molecule has 3 rings (SSSR count). The minimum Gasteiger partial charge on any atom is -0.280 e. The molecule has 1 N–H and O–H groups in total. The Hall–Kier alpha value is -2.67. The molecule has 25 heavy (non-hydrogen) atoms. The largest absolute Gasteiger partial charge is 0.280 e. The van der Waals surface area contributed by atoms with Crippen molar-refractivity contribution in [3.05, 3.63) is 71.3 Å². The maximum atomic E-state index is 13.1. The second-order valence-corrected chi connectivity index (χ2v) is 7.48. The molecule has 0 fully saturated rings. The molecular weight excluding hydrogens is 341 g/mol. The molecule has 0 bridgehead atoms. The van der Waals surface area contributed by atoms with E-state index in [1.807, 2.05) is 19.1 Å². The van der Waals surface area contributed by atoms with Gasteiger partial charge in [0.15, 0.2) is 0 Å². The Kier molecular flexibility index (Phi) is 4.34. The molecule has 0 atom stereocenters. The lowest BCUT2D eigenvalue weighted by atomic mass is 10.2. The molecule has 0 saturated carbocycles. The van der Waals surface area contributed by atoms with Crippen molar-refractivity contribution >= 4 is 15.7 Å². The van der Waals surface area contributed by atoms with Gasteiger partial charge in [-0.3, -0.25) is 4.72 Å². The van der Waals surface area contributed by atoms with Crippen LogP contribution in [-0.2, 0) is 10.0 Å². The number of nitrogens with one attached hydrogen (secondary N) is 1. The highest BCUT2D eigenvalue weighted by molar-refractivity contribution is 7.92. The molecular formula is C18H18FN3O2S. The average molecular weight is 359 g/mol. The Morgan fingerprint density at radius 3 is 2.16 bits per heavy atom. The highest BCUT2D eigenvalue weighted by Gasteiger charge is 2.25. The van der Waals surface area contributed by atoms with Crippen molar-refractivity contribution in [1.82, 2.24) is 9.78 Å². The van der Waals surface area contributed by atoms with Gasteiger partial charge in [0.05, 0.1) is 17.1 Å². The fraction of sp³-hybridized carbons (Fsp3) is 0.167. The van der Waals surface area contributed by atoms with Crippen molar-refractivity contribution < 1.29 is 12.8 Å². The molecule has 0 aliphatic rings. The van der Waals surface area contributed by atoms with Gasteiger partial charge in [-0.1, -0.05) is 17.7 Å². The predicted molar refractivity (Wildman–Crippen MR) is 95.0 cm³/mol. The molecule has 1 heterocycles. The lowest BCUT2D eigenvalue weighted by Crippen LogP contribution is -2.15. The molecule has 0 aliphatic heterocycles. The van der Waals surface area contributed by atoms with Gasteiger partial charge in [-0.05, 0) is 57.2 Å². The van der Waals surface area contributed by atoms with Crippen LogP contribution in [-0.4, -0.2) is 18.2 Å². The fourth-order valence-corrected chi connectivity index (χ4v) is 4.13. The monoisotopic (exact) mass is 359 g/mol. The van der Waals surface area contributed by atoms with Crippen LogP contribution in [0.3, 0.4) is 0 Å². The first-order valence-corrected chi connectivity index (χ1v) is 9.18. The van der Waals surface area contributed by atoms with E-state index in [1.54, 1.807) is 38.1 Å². The highest BCUT2D eigenvalue weighted by atomic mass is 32.2. The summed E-state index contributed by atoms with van der Waals surface area (Å²) in [6, 6.07) is 12.8. The van der Waals surface area contributed by atoms with E-state index in [2.05, 4.69) is 9.82 Å². The summed E-state index contributed by atoms with van der Waals surface area (Å²) in [7, 11) is -3.79. The van der Waals surface area contributed by atoms with Crippen molar-refractivity contribution in [2.24, 2.45) is 0 Å². The molecule has 130 valence electrons. The predicted octanol–water partition coefficient (Wildman–Crippen LogP) is 3.74. The maximum absolute atomic E-state index is 13.1. The minimum atomic E-state index is -3.79. The molecule has 0 saturated heterocycles. The van der Waals surface area contributed by atoms with Crippen LogP contribution in [0, 0.1) is 26.6 Å². The fourth-order valence-electron chi connectivity index (χ4n) is 2.68. The van der Waals surface area contributed by atoms with E-state index < -0.39 is 10.0 Å². The van der Waals surface area contributed by atoms with Crippen LogP contribution >= 0.6 is 0 Å². The van der Waals surface area contributed by atoms with Gasteiger partial charge in [-0.25, -0.2) is 17.5 Å². The number of benzene rings is 2. The van der Waals surface area contributed by atoms with E-state index in [9.17, 15) is 12.8 Å². The van der Waals surface area contributed by atoms with Crippen LogP contribution in [0.1, 0.15) is 17.0 Å². The second kappa shape index (κ2) is 6.33. The maximum Gasteiger partial charge on any atom is 0.265 e. The number of aryl methyl sites for hydroxylation is 2. The zero-order valence-corrected chi connectivity index (χ0v) is 14.9. The first-order valence-electron chi connectivity index (χ1n) is 7.69. The summed E-state index contributed by atoms with van der Waals surface area (Å²) in [6.45, 7) is 5.24. The van der Waals surface area contributed by atoms with Gasteiger partial charge in [-0.2, -0.15) is 5.10 Å². The smallest absolute Gasteiger partial charge is 0.265 e. The van der Waals surface area contributed by atoms with Crippen molar-refractivity contribution in [3.8, 4) is 5.69 Å². The Morgan fingerprint density at radius 1 is 0.960 bits per heavy atom. The quantitative estimate of drug-likeness (QED) is 0.772. The number of hydrogen-bond donors (Lipinski definition) is 1. The van der Waals surface area contributed by atoms with E-state index in [-0.39, 0.29) is 10.7 Å². The van der Waals surface area contributed by atoms with Crippen LogP contribution in [0.25, 0.3) is 5.69 Å². The van der Waals surface area contributed by atoms with E-state index in [0.717, 1.165) is 5.56 Å². The van der Waals surface area contributed by atoms with Crippen LogP contribution in [0.15, 0.2) is 53.4 Å². The van der Waals surface area contributed by atoms with Crippen LogP contribution in [0.4, 0.5) is 10.1 Å². The lowest BCUT2D eigenvalue weighted by Gasteiger charge is -2.09. The number of rotatable bonds is 4. The number of halogens is 1. The SMILES string of the molecule is Cc1ccc(NS(=O)(=O)c2c(C)nn(-c3ccc(F)cc3)c2C)cc1. The average Bonchev–Trinajstić information content (AvgIpc) is 2.85. The summed E-state index contributed by atoms with van der Waals surface area (Å²) in [4.78, 5) is 0.123. The molecule has 0 radical (unpaired) electrons. The number of hydrogen-bond acceptors (Lipinski definition) is 3. The molecule has 0 unspecified atom stereocenters. The molecule has 0 spiro atoms. The van der Waals surface area contributed by atoms with Gasteiger partial charge >= 0.3 is 0 Å². The van der Waals surface area contributed by atoms with Crippen molar-refractivity contribution in [1.29, 1.82) is 0 Å². The zero-order valence-electron chi connectivity index (χ0n) is 14.1. The lowest BCUT2D eigenvalue weighted by molar-refractivity contribution is 0.600. The van der Waals surface area contributed by atoms with E-state index >= 15 is 0 Å². The van der Waals surface area contributed by atoms with Crippen LogP contribution in [0.2, 0.25) is 0 Å². The third-order valence-electron chi connectivity index (χ3n) is 3.87. The van der Waals surface area contributed by atoms with Crippen molar-refractivity contribution in [3.63, 3.8) is 0 Å². The van der Waals surface area contributed by atoms with Crippen LogP contribution in [0.5, 0.6) is 0 Å². The van der Waals surface area contributed by atoms with Gasteiger partial charge in [0.25, 0.3) is 10.0 Å². The normalized spacial score (nSPS) is 11.5. The Balaban J connectivity index is 2.02. The summed E-state index contributed by atoms with van der Waals surface area (Å²) in [5.74, 6) is -0.362. The topological polar surface area (TPSA) is 64.0 Å². The van der Waals surface area contributed by atoms with E-state index in [1.165, 1.54) is 16.8 Å². The highest BCUT2D eigenvalue weighted by Crippen LogP contribution is 2.25. The van der Waals surface area contributed by atoms with Gasteiger partial charge < -0.3 is 0 Å². The third kappa shape index (κ3) is 3.41. The number of aromatic nitrogens is 2. The zero-order chi connectivity index (χ0) is 18.2. The molecule has 0 amide bonds. The van der Waals surface area contributed by atoms with Gasteiger partial charge in [0.1, 0.15) is 10.7 Å². The van der Waals surface area contributed by atoms with Crippen molar-refractivity contribution in [2.75, 3.05) is 4.72 Å². The third-order valence-corrected chi connectivity index (χ3v) is 5.50. The molecule has 5 nitrogen and oxygen atoms in total. The molecule has 2 aromatic carbocycles. The van der Waals surface area contributed by atoms with Gasteiger partial charge in [0, 0.05) is 5.69 Å². The molecule has 0 aliphatic carbocycles. The Bertz CT molecular complexity index is 1010. The van der Waals surface area contributed by atoms with E-state index in [0.29, 0.717) is 22.8 Å². The number of nitrogens with zero attached hydrogens (tertiary/aromatic N) is 2. The summed E-state index contributed by atoms with van der Waals surface area (Å²) in [5.41, 5.74) is 2.96. The first kappa shape index (κ1) is 17.2. The van der Waals surface area contributed by atoms with Gasteiger partial charge in [-0.15, -0.1) is 0 Å². The molecule has 7 heteroatoms. The molecule has 1 aromatic heterocycles. The summed E-state index contributed by atoms with van der Waals surface area (Å²) < 4.78 is 42.8. The summed E-state index contributed by atoms with van der Waals surface area (Å²) >= 11 is 0. The molecule has 3 aromatic rings. The number of anilines is 1. The minimum absolute atomic E-state index is 0.123. The van der Waals surface area contributed by atoms with Gasteiger partial charge in [0.2, 0.25) is 0 Å². The van der Waals surface area contributed by atoms with E-state index in [4.69, 9.17) is 0 Å². The first-order chi connectivity index (χ1) is 11.8. The van der Waals surface area contributed by atoms with Crippen LogP contribution < -0.4 is 4.72 Å². The summed E-state index contributed by atoms with van der Waals surface area (Å²) in [5, 5.41) is 4.31.